The van der Waals surface area contributed by atoms with Crippen molar-refractivity contribution >= 4 is 11.8 Å². The Hall–Kier alpha value is -2.30. The fourth-order valence-electron chi connectivity index (χ4n) is 5.17. The van der Waals surface area contributed by atoms with Gasteiger partial charge in [0.2, 0.25) is 5.91 Å². The largest absolute Gasteiger partial charge is 0.416 e. The summed E-state index contributed by atoms with van der Waals surface area (Å²) in [6, 6.07) is 0.892. The Bertz CT molecular complexity index is 872. The molecule has 208 valence electrons. The Kier molecular flexibility index (Phi) is 10.3. The minimum Gasteiger partial charge on any atom is -0.355 e. The van der Waals surface area contributed by atoms with E-state index in [1.54, 1.807) is 0 Å². The van der Waals surface area contributed by atoms with Crippen molar-refractivity contribution in [2.75, 3.05) is 26.2 Å². The van der Waals surface area contributed by atoms with Gasteiger partial charge in [-0.2, -0.15) is 26.3 Å². The lowest BCUT2D eigenvalue weighted by Gasteiger charge is -2.29. The lowest BCUT2D eigenvalue weighted by atomic mass is 9.82. The summed E-state index contributed by atoms with van der Waals surface area (Å²) in [5.74, 6) is 0.0707. The third-order valence-electron chi connectivity index (χ3n) is 7.40. The van der Waals surface area contributed by atoms with Gasteiger partial charge in [0.05, 0.1) is 17.7 Å². The van der Waals surface area contributed by atoms with Gasteiger partial charge in [0.25, 0.3) is 5.91 Å². The standard InChI is InChI=1S/C26H35F6N3O2/c27-25(28,29)21-10-20(11-22(12-21)26(30,31)32)24(37)35-15-19-8-6-18(7-9-19)13-33-16-23(36)34-14-17-4-2-1-3-5-17/h10-12,17-19,33H,1-9,13-16H2,(H,34,36)(H,35,37)/t18-,19-. The Morgan fingerprint density at radius 3 is 1.70 bits per heavy atom. The van der Waals surface area contributed by atoms with Gasteiger partial charge in [0, 0.05) is 18.7 Å². The molecule has 2 fully saturated rings. The van der Waals surface area contributed by atoms with Crippen molar-refractivity contribution in [3.63, 3.8) is 0 Å². The highest BCUT2D eigenvalue weighted by Gasteiger charge is 2.37. The van der Waals surface area contributed by atoms with E-state index in [-0.39, 0.29) is 31.0 Å². The van der Waals surface area contributed by atoms with Gasteiger partial charge in [-0.1, -0.05) is 19.3 Å². The maximum atomic E-state index is 13.0. The maximum absolute atomic E-state index is 13.0. The molecule has 2 aliphatic rings. The molecule has 0 bridgehead atoms. The molecule has 0 saturated heterocycles. The van der Waals surface area contributed by atoms with E-state index in [9.17, 15) is 35.9 Å². The number of carbonyl (C=O) groups is 2. The molecule has 3 N–H and O–H groups in total. The lowest BCUT2D eigenvalue weighted by Crippen LogP contribution is -2.39. The predicted molar refractivity (Wildman–Crippen MR) is 127 cm³/mol. The molecule has 2 amide bonds. The highest BCUT2D eigenvalue weighted by atomic mass is 19.4. The monoisotopic (exact) mass is 535 g/mol. The van der Waals surface area contributed by atoms with E-state index >= 15 is 0 Å². The summed E-state index contributed by atoms with van der Waals surface area (Å²) in [5.41, 5.74) is -3.69. The molecule has 37 heavy (non-hydrogen) atoms. The van der Waals surface area contributed by atoms with Crippen LogP contribution in [-0.4, -0.2) is 38.0 Å². The number of rotatable bonds is 9. The van der Waals surface area contributed by atoms with E-state index in [1.165, 1.54) is 32.1 Å². The van der Waals surface area contributed by atoms with E-state index in [4.69, 9.17) is 0 Å². The fourth-order valence-corrected chi connectivity index (χ4v) is 5.17. The van der Waals surface area contributed by atoms with Crippen LogP contribution >= 0.6 is 0 Å². The number of hydrogen-bond acceptors (Lipinski definition) is 3. The van der Waals surface area contributed by atoms with Gasteiger partial charge in [-0.15, -0.1) is 0 Å². The quantitative estimate of drug-likeness (QED) is 0.364. The number of carbonyl (C=O) groups excluding carboxylic acids is 2. The molecule has 3 rings (SSSR count). The van der Waals surface area contributed by atoms with Crippen LogP contribution in [-0.2, 0) is 17.1 Å². The first-order valence-corrected chi connectivity index (χ1v) is 13.0. The van der Waals surface area contributed by atoms with Crippen molar-refractivity contribution in [1.29, 1.82) is 0 Å². The molecule has 2 saturated carbocycles. The first-order valence-electron chi connectivity index (χ1n) is 13.0. The van der Waals surface area contributed by atoms with Crippen LogP contribution in [0.5, 0.6) is 0 Å². The summed E-state index contributed by atoms with van der Waals surface area (Å²) in [5, 5.41) is 8.69. The summed E-state index contributed by atoms with van der Waals surface area (Å²) < 4.78 is 78.2. The van der Waals surface area contributed by atoms with Crippen LogP contribution in [0.1, 0.15) is 79.3 Å². The number of hydrogen-bond donors (Lipinski definition) is 3. The molecule has 0 radical (unpaired) electrons. The van der Waals surface area contributed by atoms with Crippen LogP contribution in [0.3, 0.4) is 0 Å². The van der Waals surface area contributed by atoms with Gasteiger partial charge in [-0.25, -0.2) is 0 Å². The van der Waals surface area contributed by atoms with Gasteiger partial charge >= 0.3 is 12.4 Å². The Balaban J connectivity index is 1.37. The molecule has 1 aromatic rings. The van der Waals surface area contributed by atoms with Gasteiger partial charge in [-0.3, -0.25) is 9.59 Å². The van der Waals surface area contributed by atoms with Crippen molar-refractivity contribution in [3.05, 3.63) is 34.9 Å². The average molecular weight is 536 g/mol. The van der Waals surface area contributed by atoms with Crippen LogP contribution in [0.2, 0.25) is 0 Å². The summed E-state index contributed by atoms with van der Waals surface area (Å²) in [7, 11) is 0. The normalized spacial score (nSPS) is 21.5. The molecule has 1 aromatic carbocycles. The zero-order valence-electron chi connectivity index (χ0n) is 20.7. The van der Waals surface area contributed by atoms with Gasteiger partial charge < -0.3 is 16.0 Å². The zero-order valence-corrected chi connectivity index (χ0v) is 20.7. The molecular weight excluding hydrogens is 500 g/mol. The van der Waals surface area contributed by atoms with E-state index < -0.39 is 35.0 Å². The molecule has 11 heteroatoms. The second-order valence-electron chi connectivity index (χ2n) is 10.3. The highest BCUT2D eigenvalue weighted by Crippen LogP contribution is 2.36. The van der Waals surface area contributed by atoms with E-state index in [2.05, 4.69) is 16.0 Å². The molecule has 2 aliphatic carbocycles. The summed E-state index contributed by atoms with van der Waals surface area (Å²) in [4.78, 5) is 24.4. The Morgan fingerprint density at radius 1 is 0.676 bits per heavy atom. The summed E-state index contributed by atoms with van der Waals surface area (Å²) in [6.07, 6.45) is -0.648. The zero-order chi connectivity index (χ0) is 27.1. The van der Waals surface area contributed by atoms with Crippen molar-refractivity contribution in [3.8, 4) is 0 Å². The average Bonchev–Trinajstić information content (AvgIpc) is 2.86. The molecule has 0 spiro atoms. The van der Waals surface area contributed by atoms with Crippen LogP contribution in [0.25, 0.3) is 0 Å². The lowest BCUT2D eigenvalue weighted by molar-refractivity contribution is -0.143. The number of amides is 2. The van der Waals surface area contributed by atoms with Gasteiger partial charge in [0.15, 0.2) is 0 Å². The van der Waals surface area contributed by atoms with Crippen molar-refractivity contribution in [2.24, 2.45) is 17.8 Å². The topological polar surface area (TPSA) is 70.2 Å². The minimum atomic E-state index is -5.00. The minimum absolute atomic E-state index is 0.00645. The first-order chi connectivity index (χ1) is 17.4. The third-order valence-corrected chi connectivity index (χ3v) is 7.40. The summed E-state index contributed by atoms with van der Waals surface area (Å²) >= 11 is 0. The molecule has 0 heterocycles. The molecule has 0 atom stereocenters. The molecule has 0 aliphatic heterocycles. The smallest absolute Gasteiger partial charge is 0.355 e. The van der Waals surface area contributed by atoms with Crippen molar-refractivity contribution < 1.29 is 35.9 Å². The van der Waals surface area contributed by atoms with E-state index in [0.29, 0.717) is 30.5 Å². The second-order valence-corrected chi connectivity index (χ2v) is 10.3. The fraction of sp³-hybridized carbons (Fsp3) is 0.692. The van der Waals surface area contributed by atoms with Crippen LogP contribution < -0.4 is 16.0 Å². The van der Waals surface area contributed by atoms with Crippen LogP contribution in [0.4, 0.5) is 26.3 Å². The molecule has 0 aromatic heterocycles. The SMILES string of the molecule is O=C(CNC[C@H]1CC[C@H](CNC(=O)c2cc(C(F)(F)F)cc(C(F)(F)F)c2)CC1)NCC1CCCCC1. The highest BCUT2D eigenvalue weighted by molar-refractivity contribution is 5.94. The number of nitrogens with one attached hydrogen (secondary N) is 3. The van der Waals surface area contributed by atoms with E-state index in [0.717, 1.165) is 32.2 Å². The van der Waals surface area contributed by atoms with Crippen LogP contribution in [0.15, 0.2) is 18.2 Å². The molecule has 5 nitrogen and oxygen atoms in total. The predicted octanol–water partition coefficient (Wildman–Crippen LogP) is 5.55. The number of halogens is 6. The third kappa shape index (κ3) is 9.50. The van der Waals surface area contributed by atoms with Gasteiger partial charge in [0.1, 0.15) is 0 Å². The second kappa shape index (κ2) is 13.0. The van der Waals surface area contributed by atoms with Gasteiger partial charge in [-0.05, 0) is 81.0 Å². The van der Waals surface area contributed by atoms with Crippen LogP contribution in [0, 0.1) is 17.8 Å². The van der Waals surface area contributed by atoms with E-state index in [1.807, 2.05) is 0 Å². The van der Waals surface area contributed by atoms with Crippen molar-refractivity contribution in [2.45, 2.75) is 70.1 Å². The maximum Gasteiger partial charge on any atom is 0.416 e. The Morgan fingerprint density at radius 2 is 1.16 bits per heavy atom. The first kappa shape index (κ1) is 29.3. The number of benzene rings is 1. The Labute approximate surface area is 213 Å². The number of alkyl halides is 6. The molecule has 0 unspecified atom stereocenters. The van der Waals surface area contributed by atoms with Crippen molar-refractivity contribution in [1.82, 2.24) is 16.0 Å². The molecular formula is C26H35F6N3O2. The summed E-state index contributed by atoms with van der Waals surface area (Å²) in [6.45, 7) is 1.87.